The quantitative estimate of drug-likeness (QED) is 0.329. The van der Waals surface area contributed by atoms with Crippen molar-refractivity contribution < 1.29 is 9.53 Å². The highest BCUT2D eigenvalue weighted by atomic mass is 35.5. The minimum absolute atomic E-state index is 0.324. The molecule has 0 saturated heterocycles. The summed E-state index contributed by atoms with van der Waals surface area (Å²) < 4.78 is 6.27. The molecule has 0 N–H and O–H groups in total. The highest BCUT2D eigenvalue weighted by Gasteiger charge is 2.08. The zero-order chi connectivity index (χ0) is 17.4. The summed E-state index contributed by atoms with van der Waals surface area (Å²) in [5, 5.41) is 0. The topological polar surface area (TPSA) is 26.3 Å². The maximum Gasteiger partial charge on any atom is 0.330 e. The fourth-order valence-electron chi connectivity index (χ4n) is 1.69. The van der Waals surface area contributed by atoms with Gasteiger partial charge in [-0.1, -0.05) is 59.2 Å². The lowest BCUT2D eigenvalue weighted by Gasteiger charge is -1.96. The molecule has 0 fully saturated rings. The Kier molecular flexibility index (Phi) is 8.38. The van der Waals surface area contributed by atoms with Crippen LogP contribution in [0.3, 0.4) is 0 Å². The molecular formula is C18H20Cl2O2S. The molecule has 0 amide bonds. The predicted molar refractivity (Wildman–Crippen MR) is 101 cm³/mol. The van der Waals surface area contributed by atoms with E-state index in [-0.39, 0.29) is 5.97 Å². The standard InChI is InChI=1S/C18H20Cl2O2S/c1-5-22-16(21)11-13(3)8-6-7-12(2)9-10-15-14(4)17(19)23-18(15)20/h6-11H,5H2,1-4H3. The Morgan fingerprint density at radius 2 is 1.87 bits per heavy atom. The lowest BCUT2D eigenvalue weighted by molar-refractivity contribution is -0.137. The number of hydrogen-bond donors (Lipinski definition) is 0. The van der Waals surface area contributed by atoms with Gasteiger partial charge in [0.25, 0.3) is 0 Å². The van der Waals surface area contributed by atoms with E-state index in [9.17, 15) is 4.79 Å². The smallest absolute Gasteiger partial charge is 0.330 e. The average Bonchev–Trinajstić information content (AvgIpc) is 2.70. The fraction of sp³-hybridized carbons (Fsp3) is 0.278. The van der Waals surface area contributed by atoms with Crippen LogP contribution in [-0.2, 0) is 9.53 Å². The van der Waals surface area contributed by atoms with Crippen molar-refractivity contribution in [3.63, 3.8) is 0 Å². The second kappa shape index (κ2) is 9.76. The summed E-state index contributed by atoms with van der Waals surface area (Å²) in [6.45, 7) is 7.95. The molecule has 0 atom stereocenters. The Bertz CT molecular complexity index is 679. The van der Waals surface area contributed by atoms with Crippen molar-refractivity contribution in [2.75, 3.05) is 6.61 Å². The average molecular weight is 371 g/mol. The van der Waals surface area contributed by atoms with Crippen LogP contribution < -0.4 is 0 Å². The van der Waals surface area contributed by atoms with E-state index in [1.807, 2.05) is 51.2 Å². The number of ether oxygens (including phenoxy) is 1. The summed E-state index contributed by atoms with van der Waals surface area (Å²) in [5.41, 5.74) is 3.84. The van der Waals surface area contributed by atoms with E-state index < -0.39 is 0 Å². The second-order valence-corrected chi connectivity index (χ2v) is 7.16. The molecule has 124 valence electrons. The van der Waals surface area contributed by atoms with Gasteiger partial charge in [0.05, 0.1) is 10.9 Å². The summed E-state index contributed by atoms with van der Waals surface area (Å²) in [6.07, 6.45) is 11.1. The summed E-state index contributed by atoms with van der Waals surface area (Å²) in [4.78, 5) is 11.3. The van der Waals surface area contributed by atoms with Gasteiger partial charge >= 0.3 is 5.97 Å². The van der Waals surface area contributed by atoms with E-state index in [4.69, 9.17) is 27.9 Å². The van der Waals surface area contributed by atoms with Gasteiger partial charge in [0.2, 0.25) is 0 Å². The van der Waals surface area contributed by atoms with Crippen LogP contribution in [0.5, 0.6) is 0 Å². The molecule has 0 bridgehead atoms. The van der Waals surface area contributed by atoms with E-state index in [1.54, 1.807) is 6.92 Å². The molecule has 0 radical (unpaired) electrons. The number of carbonyl (C=O) groups is 1. The van der Waals surface area contributed by atoms with Crippen LogP contribution in [0.1, 0.15) is 31.9 Å². The first-order chi connectivity index (χ1) is 10.8. The Morgan fingerprint density at radius 3 is 2.43 bits per heavy atom. The molecule has 2 nitrogen and oxygen atoms in total. The molecule has 23 heavy (non-hydrogen) atoms. The molecule has 0 aromatic carbocycles. The number of halogens is 2. The third-order valence-corrected chi connectivity index (χ3v) is 4.79. The Morgan fingerprint density at radius 1 is 1.17 bits per heavy atom. The zero-order valence-electron chi connectivity index (χ0n) is 13.7. The fourth-order valence-corrected chi connectivity index (χ4v) is 3.33. The van der Waals surface area contributed by atoms with Crippen molar-refractivity contribution in [3.05, 3.63) is 61.3 Å². The van der Waals surface area contributed by atoms with E-state index in [0.717, 1.165) is 26.6 Å². The van der Waals surface area contributed by atoms with Gasteiger partial charge in [0.15, 0.2) is 0 Å². The highest BCUT2D eigenvalue weighted by Crippen LogP contribution is 2.36. The number of allylic oxidation sites excluding steroid dienone is 6. The Labute approximate surface area is 151 Å². The summed E-state index contributed by atoms with van der Waals surface area (Å²) in [5.74, 6) is -0.324. The number of hydrogen-bond acceptors (Lipinski definition) is 3. The van der Waals surface area contributed by atoms with Crippen molar-refractivity contribution >= 4 is 46.6 Å². The molecule has 1 aromatic heterocycles. The van der Waals surface area contributed by atoms with Crippen LogP contribution in [-0.4, -0.2) is 12.6 Å². The van der Waals surface area contributed by atoms with Gasteiger partial charge < -0.3 is 4.74 Å². The van der Waals surface area contributed by atoms with E-state index in [1.165, 1.54) is 17.4 Å². The lowest BCUT2D eigenvalue weighted by Crippen LogP contribution is -1.99. The lowest BCUT2D eigenvalue weighted by atomic mass is 10.1. The maximum atomic E-state index is 11.3. The van der Waals surface area contributed by atoms with Gasteiger partial charge in [-0.3, -0.25) is 0 Å². The second-order valence-electron chi connectivity index (χ2n) is 4.93. The van der Waals surface area contributed by atoms with Crippen LogP contribution in [0.2, 0.25) is 8.67 Å². The molecule has 5 heteroatoms. The van der Waals surface area contributed by atoms with E-state index >= 15 is 0 Å². The molecule has 1 heterocycles. The molecule has 0 aliphatic heterocycles. The van der Waals surface area contributed by atoms with Crippen LogP contribution in [0.15, 0.2) is 41.5 Å². The summed E-state index contributed by atoms with van der Waals surface area (Å²) in [6, 6.07) is 0. The molecule has 0 aliphatic carbocycles. The minimum Gasteiger partial charge on any atom is -0.463 e. The van der Waals surface area contributed by atoms with Crippen molar-refractivity contribution in [2.45, 2.75) is 27.7 Å². The first-order valence-electron chi connectivity index (χ1n) is 7.17. The van der Waals surface area contributed by atoms with Crippen LogP contribution in [0, 0.1) is 6.92 Å². The number of rotatable bonds is 6. The van der Waals surface area contributed by atoms with Crippen molar-refractivity contribution in [1.82, 2.24) is 0 Å². The zero-order valence-corrected chi connectivity index (χ0v) is 16.0. The minimum atomic E-state index is -0.324. The van der Waals surface area contributed by atoms with Gasteiger partial charge in [-0.05, 0) is 38.8 Å². The van der Waals surface area contributed by atoms with Gasteiger partial charge in [-0.2, -0.15) is 0 Å². The van der Waals surface area contributed by atoms with E-state index in [0.29, 0.717) is 10.9 Å². The molecular weight excluding hydrogens is 351 g/mol. The predicted octanol–water partition coefficient (Wildman–Crippen LogP) is 6.39. The van der Waals surface area contributed by atoms with Crippen molar-refractivity contribution in [1.29, 1.82) is 0 Å². The molecule has 0 saturated carbocycles. The first-order valence-corrected chi connectivity index (χ1v) is 8.74. The van der Waals surface area contributed by atoms with Gasteiger partial charge in [-0.25, -0.2) is 4.79 Å². The SMILES string of the molecule is CCOC(=O)C=C(C)C=CC=C(C)C=Cc1c(Cl)sc(Cl)c1C. The number of thiophene rings is 1. The van der Waals surface area contributed by atoms with E-state index in [2.05, 4.69) is 0 Å². The Hall–Kier alpha value is -1.29. The first kappa shape index (κ1) is 19.8. The number of carbonyl (C=O) groups excluding carboxylic acids is 1. The third-order valence-electron chi connectivity index (χ3n) is 2.95. The molecule has 1 rings (SSSR count). The molecule has 0 unspecified atom stereocenters. The molecule has 0 aliphatic rings. The molecule has 1 aromatic rings. The normalized spacial score (nSPS) is 13.3. The largest absolute Gasteiger partial charge is 0.463 e. The van der Waals surface area contributed by atoms with Gasteiger partial charge in [-0.15, -0.1) is 11.3 Å². The monoisotopic (exact) mass is 370 g/mol. The number of esters is 1. The van der Waals surface area contributed by atoms with Crippen molar-refractivity contribution in [3.8, 4) is 0 Å². The van der Waals surface area contributed by atoms with Gasteiger partial charge in [0.1, 0.15) is 4.34 Å². The molecule has 0 spiro atoms. The van der Waals surface area contributed by atoms with Crippen LogP contribution >= 0.6 is 34.5 Å². The third kappa shape index (κ3) is 6.78. The summed E-state index contributed by atoms with van der Waals surface area (Å²) in [7, 11) is 0. The van der Waals surface area contributed by atoms with Crippen molar-refractivity contribution in [2.24, 2.45) is 0 Å². The van der Waals surface area contributed by atoms with Crippen LogP contribution in [0.4, 0.5) is 0 Å². The van der Waals surface area contributed by atoms with Gasteiger partial charge in [0, 0.05) is 11.6 Å². The summed E-state index contributed by atoms with van der Waals surface area (Å²) >= 11 is 13.6. The van der Waals surface area contributed by atoms with Crippen LogP contribution in [0.25, 0.3) is 6.08 Å². The highest BCUT2D eigenvalue weighted by molar-refractivity contribution is 7.20. The Balaban J connectivity index is 2.72. The maximum absolute atomic E-state index is 11.3.